The highest BCUT2D eigenvalue weighted by molar-refractivity contribution is 5.75. The molecule has 0 aliphatic carbocycles. The number of nitrogens with zero attached hydrogens (tertiary/aromatic N) is 2. The lowest BCUT2D eigenvalue weighted by Crippen LogP contribution is -1.93. The van der Waals surface area contributed by atoms with Gasteiger partial charge in [0.15, 0.2) is 5.82 Å². The Balaban J connectivity index is 2.64. The fourth-order valence-electron chi connectivity index (χ4n) is 1.47. The summed E-state index contributed by atoms with van der Waals surface area (Å²) in [5.74, 6) is 0.583. The monoisotopic (exact) mass is 176 g/mol. The number of aromatic amines is 1. The molecule has 0 aliphatic rings. The van der Waals surface area contributed by atoms with Crippen molar-refractivity contribution < 1.29 is 0 Å². The molecule has 0 amide bonds. The van der Waals surface area contributed by atoms with Crippen LogP contribution in [0.2, 0.25) is 0 Å². The van der Waals surface area contributed by atoms with Crippen LogP contribution in [0.3, 0.4) is 0 Å². The molecule has 2 rings (SSSR count). The highest BCUT2D eigenvalue weighted by Crippen LogP contribution is 2.27. The average Bonchev–Trinajstić information content (AvgIpc) is 2.63. The van der Waals surface area contributed by atoms with E-state index in [-0.39, 0.29) is 0 Å². The molecule has 0 aliphatic heterocycles. The number of nitrogens with two attached hydrogens (primary N) is 1. The minimum absolute atomic E-state index is 0.583. The summed E-state index contributed by atoms with van der Waals surface area (Å²) in [7, 11) is 1.89. The Morgan fingerprint density at radius 2 is 2.31 bits per heavy atom. The summed E-state index contributed by atoms with van der Waals surface area (Å²) >= 11 is 0. The maximum Gasteiger partial charge on any atom is 0.153 e. The molecule has 0 fully saturated rings. The van der Waals surface area contributed by atoms with Crippen molar-refractivity contribution in [1.82, 2.24) is 14.8 Å². The summed E-state index contributed by atoms with van der Waals surface area (Å²) < 4.78 is 1.79. The van der Waals surface area contributed by atoms with Crippen LogP contribution in [0, 0.1) is 6.92 Å². The third-order valence-electron chi connectivity index (χ3n) is 2.25. The van der Waals surface area contributed by atoms with Crippen molar-refractivity contribution in [2.75, 3.05) is 5.73 Å². The van der Waals surface area contributed by atoms with Crippen LogP contribution < -0.4 is 5.73 Å². The topological polar surface area (TPSA) is 59.6 Å². The number of rotatable bonds is 1. The number of nitrogens with one attached hydrogen (secondary N) is 1. The third kappa shape index (κ3) is 1.11. The summed E-state index contributed by atoms with van der Waals surface area (Å²) in [6.45, 7) is 2.01. The number of nitrogen functional groups attached to an aromatic ring is 1. The number of aryl methyl sites for hydroxylation is 1. The van der Waals surface area contributed by atoms with Crippen molar-refractivity contribution in [3.8, 4) is 11.1 Å². The molecular weight excluding hydrogens is 164 g/mol. The van der Waals surface area contributed by atoms with Gasteiger partial charge < -0.3 is 10.7 Å². The van der Waals surface area contributed by atoms with Crippen molar-refractivity contribution in [2.45, 2.75) is 6.92 Å². The average molecular weight is 176 g/mol. The van der Waals surface area contributed by atoms with Gasteiger partial charge in [0, 0.05) is 36.3 Å². The van der Waals surface area contributed by atoms with Crippen LogP contribution in [0.25, 0.3) is 11.1 Å². The predicted molar refractivity (Wildman–Crippen MR) is 52.1 cm³/mol. The summed E-state index contributed by atoms with van der Waals surface area (Å²) in [5.41, 5.74) is 8.97. The molecule has 3 N–H and O–H groups in total. The Bertz CT molecular complexity index is 411. The summed E-state index contributed by atoms with van der Waals surface area (Å²) in [6.07, 6.45) is 3.79. The third-order valence-corrected chi connectivity index (χ3v) is 2.25. The Hall–Kier alpha value is -1.71. The van der Waals surface area contributed by atoms with Gasteiger partial charge in [-0.2, -0.15) is 5.10 Å². The van der Waals surface area contributed by atoms with Gasteiger partial charge >= 0.3 is 0 Å². The molecule has 0 saturated heterocycles. The molecule has 0 aromatic carbocycles. The van der Waals surface area contributed by atoms with Crippen molar-refractivity contribution in [2.24, 2.45) is 7.05 Å². The fourth-order valence-corrected chi connectivity index (χ4v) is 1.47. The number of aromatic nitrogens is 3. The quantitative estimate of drug-likeness (QED) is 0.688. The van der Waals surface area contributed by atoms with E-state index in [4.69, 9.17) is 5.73 Å². The van der Waals surface area contributed by atoms with E-state index in [1.807, 2.05) is 32.4 Å². The van der Waals surface area contributed by atoms with E-state index in [1.165, 1.54) is 0 Å². The molecule has 4 nitrogen and oxygen atoms in total. The van der Waals surface area contributed by atoms with Gasteiger partial charge in [-0.15, -0.1) is 0 Å². The Labute approximate surface area is 76.4 Å². The normalized spacial score (nSPS) is 10.6. The standard InChI is InChI=1S/C9H12N4/c1-6-8(7-3-4-11-5-7)9(10)12-13(6)2/h3-5,11H,1-2H3,(H2,10,12). The SMILES string of the molecule is Cc1c(-c2cc[nH]c2)c(N)nn1C. The van der Waals surface area contributed by atoms with Gasteiger partial charge in [-0.3, -0.25) is 4.68 Å². The van der Waals surface area contributed by atoms with Gasteiger partial charge in [-0.1, -0.05) is 0 Å². The van der Waals surface area contributed by atoms with Crippen molar-refractivity contribution in [1.29, 1.82) is 0 Å². The second-order valence-corrected chi connectivity index (χ2v) is 3.07. The first kappa shape index (κ1) is 7.91. The Morgan fingerprint density at radius 1 is 1.54 bits per heavy atom. The number of hydrogen-bond acceptors (Lipinski definition) is 2. The highest BCUT2D eigenvalue weighted by Gasteiger charge is 2.11. The van der Waals surface area contributed by atoms with E-state index in [0.717, 1.165) is 16.8 Å². The maximum atomic E-state index is 5.79. The van der Waals surface area contributed by atoms with E-state index >= 15 is 0 Å². The Morgan fingerprint density at radius 3 is 2.77 bits per heavy atom. The first-order chi connectivity index (χ1) is 6.20. The van der Waals surface area contributed by atoms with Crippen LogP contribution in [0.4, 0.5) is 5.82 Å². The largest absolute Gasteiger partial charge is 0.382 e. The highest BCUT2D eigenvalue weighted by atomic mass is 15.3. The lowest BCUT2D eigenvalue weighted by Gasteiger charge is -1.96. The fraction of sp³-hybridized carbons (Fsp3) is 0.222. The first-order valence-electron chi connectivity index (χ1n) is 4.12. The van der Waals surface area contributed by atoms with Gasteiger partial charge in [0.2, 0.25) is 0 Å². The lowest BCUT2D eigenvalue weighted by molar-refractivity contribution is 0.744. The second-order valence-electron chi connectivity index (χ2n) is 3.07. The molecule has 4 heteroatoms. The van der Waals surface area contributed by atoms with Crippen molar-refractivity contribution in [3.05, 3.63) is 24.2 Å². The van der Waals surface area contributed by atoms with Gasteiger partial charge in [0.05, 0.1) is 0 Å². The summed E-state index contributed by atoms with van der Waals surface area (Å²) in [6, 6.07) is 1.99. The van der Waals surface area contributed by atoms with Gasteiger partial charge in [-0.05, 0) is 13.0 Å². The van der Waals surface area contributed by atoms with Crippen molar-refractivity contribution >= 4 is 5.82 Å². The Kier molecular flexibility index (Phi) is 1.62. The zero-order valence-corrected chi connectivity index (χ0v) is 7.70. The number of hydrogen-bond donors (Lipinski definition) is 2. The van der Waals surface area contributed by atoms with Gasteiger partial charge in [0.1, 0.15) is 0 Å². The van der Waals surface area contributed by atoms with E-state index in [0.29, 0.717) is 5.82 Å². The minimum atomic E-state index is 0.583. The van der Waals surface area contributed by atoms with Crippen LogP contribution >= 0.6 is 0 Å². The molecule has 2 heterocycles. The minimum Gasteiger partial charge on any atom is -0.382 e. The molecule has 68 valence electrons. The summed E-state index contributed by atoms with van der Waals surface area (Å²) in [4.78, 5) is 3.00. The molecule has 2 aromatic rings. The molecular formula is C9H12N4. The van der Waals surface area contributed by atoms with E-state index in [9.17, 15) is 0 Å². The zero-order valence-electron chi connectivity index (χ0n) is 7.70. The zero-order chi connectivity index (χ0) is 9.42. The number of anilines is 1. The first-order valence-corrected chi connectivity index (χ1v) is 4.12. The van der Waals surface area contributed by atoms with Crippen LogP contribution in [-0.2, 0) is 7.05 Å². The van der Waals surface area contributed by atoms with Crippen LogP contribution in [0.5, 0.6) is 0 Å². The predicted octanol–water partition coefficient (Wildman–Crippen LogP) is 1.31. The van der Waals surface area contributed by atoms with E-state index in [2.05, 4.69) is 10.1 Å². The molecule has 13 heavy (non-hydrogen) atoms. The molecule has 0 radical (unpaired) electrons. The van der Waals surface area contributed by atoms with Gasteiger partial charge in [0.25, 0.3) is 0 Å². The van der Waals surface area contributed by atoms with Crippen LogP contribution in [0.15, 0.2) is 18.5 Å². The second kappa shape index (κ2) is 2.65. The van der Waals surface area contributed by atoms with Crippen LogP contribution in [0.1, 0.15) is 5.69 Å². The molecule has 0 spiro atoms. The van der Waals surface area contributed by atoms with E-state index < -0.39 is 0 Å². The number of H-pyrrole nitrogens is 1. The molecule has 0 saturated carbocycles. The van der Waals surface area contributed by atoms with Crippen molar-refractivity contribution in [3.63, 3.8) is 0 Å². The van der Waals surface area contributed by atoms with Gasteiger partial charge in [-0.25, -0.2) is 0 Å². The molecule has 0 atom stereocenters. The lowest BCUT2D eigenvalue weighted by atomic mass is 10.1. The molecule has 0 unspecified atom stereocenters. The smallest absolute Gasteiger partial charge is 0.153 e. The van der Waals surface area contributed by atoms with E-state index in [1.54, 1.807) is 4.68 Å². The summed E-state index contributed by atoms with van der Waals surface area (Å²) in [5, 5.41) is 4.15. The maximum absolute atomic E-state index is 5.79. The van der Waals surface area contributed by atoms with Crippen LogP contribution in [-0.4, -0.2) is 14.8 Å². The molecule has 2 aromatic heterocycles. The molecule has 0 bridgehead atoms.